The predicted octanol–water partition coefficient (Wildman–Crippen LogP) is 3.78. The molecule has 0 atom stereocenters. The number of hydrogen-bond acceptors (Lipinski definition) is 3. The molecule has 0 spiro atoms. The van der Waals surface area contributed by atoms with Gasteiger partial charge in [-0.05, 0) is 24.1 Å². The van der Waals surface area contributed by atoms with Crippen molar-refractivity contribution in [2.75, 3.05) is 13.7 Å². The predicted molar refractivity (Wildman–Crippen MR) is 77.1 cm³/mol. The standard InChI is InChI=1S/C15H19NOS/c1-3-16(12-14-8-6-10-18-14)11-13-7-4-5-9-15(13)17-2/h4-10H,3,11-12H2,1-2H3. The monoisotopic (exact) mass is 261 g/mol. The molecule has 0 saturated carbocycles. The number of hydrogen-bond donors (Lipinski definition) is 0. The van der Waals surface area contributed by atoms with E-state index in [9.17, 15) is 0 Å². The Morgan fingerprint density at radius 2 is 1.94 bits per heavy atom. The van der Waals surface area contributed by atoms with E-state index in [1.165, 1.54) is 10.4 Å². The SMILES string of the molecule is CCN(Cc1cccs1)Cc1ccccc1OC. The lowest BCUT2D eigenvalue weighted by molar-refractivity contribution is 0.268. The van der Waals surface area contributed by atoms with Gasteiger partial charge in [0.05, 0.1) is 7.11 Å². The molecule has 0 aliphatic carbocycles. The van der Waals surface area contributed by atoms with Gasteiger partial charge in [-0.1, -0.05) is 31.2 Å². The van der Waals surface area contributed by atoms with Crippen LogP contribution >= 0.6 is 11.3 Å². The Hall–Kier alpha value is -1.32. The summed E-state index contributed by atoms with van der Waals surface area (Å²) < 4.78 is 5.40. The van der Waals surface area contributed by atoms with E-state index in [4.69, 9.17) is 4.74 Å². The van der Waals surface area contributed by atoms with Crippen LogP contribution in [0.4, 0.5) is 0 Å². The summed E-state index contributed by atoms with van der Waals surface area (Å²) >= 11 is 1.81. The maximum absolute atomic E-state index is 5.40. The molecule has 0 saturated heterocycles. The van der Waals surface area contributed by atoms with Gasteiger partial charge in [-0.25, -0.2) is 0 Å². The summed E-state index contributed by atoms with van der Waals surface area (Å²) in [6.07, 6.45) is 0. The zero-order valence-electron chi connectivity index (χ0n) is 10.9. The van der Waals surface area contributed by atoms with E-state index in [1.807, 2.05) is 23.5 Å². The number of para-hydroxylation sites is 1. The molecule has 2 rings (SSSR count). The topological polar surface area (TPSA) is 12.5 Å². The second-order valence-corrected chi connectivity index (χ2v) is 5.23. The van der Waals surface area contributed by atoms with Gasteiger partial charge in [-0.15, -0.1) is 11.3 Å². The van der Waals surface area contributed by atoms with Gasteiger partial charge in [0.15, 0.2) is 0 Å². The first-order chi connectivity index (χ1) is 8.83. The number of thiophene rings is 1. The number of benzene rings is 1. The van der Waals surface area contributed by atoms with Crippen molar-refractivity contribution in [3.05, 3.63) is 52.2 Å². The van der Waals surface area contributed by atoms with Crippen molar-refractivity contribution in [1.29, 1.82) is 0 Å². The van der Waals surface area contributed by atoms with Crippen molar-refractivity contribution in [2.24, 2.45) is 0 Å². The molecule has 0 unspecified atom stereocenters. The fraction of sp³-hybridized carbons (Fsp3) is 0.333. The van der Waals surface area contributed by atoms with E-state index >= 15 is 0 Å². The molecule has 0 N–H and O–H groups in total. The van der Waals surface area contributed by atoms with Crippen LogP contribution in [0.2, 0.25) is 0 Å². The first-order valence-electron chi connectivity index (χ1n) is 6.20. The second kappa shape index (κ2) is 6.57. The molecule has 0 bridgehead atoms. The molecule has 96 valence electrons. The third-order valence-corrected chi connectivity index (χ3v) is 3.85. The van der Waals surface area contributed by atoms with E-state index in [-0.39, 0.29) is 0 Å². The minimum atomic E-state index is 0.929. The summed E-state index contributed by atoms with van der Waals surface area (Å²) in [4.78, 5) is 3.83. The number of nitrogens with zero attached hydrogens (tertiary/aromatic N) is 1. The van der Waals surface area contributed by atoms with Crippen LogP contribution in [-0.4, -0.2) is 18.6 Å². The Morgan fingerprint density at radius 3 is 2.61 bits per heavy atom. The van der Waals surface area contributed by atoms with Gasteiger partial charge in [0, 0.05) is 23.5 Å². The van der Waals surface area contributed by atoms with Gasteiger partial charge >= 0.3 is 0 Å². The molecule has 3 heteroatoms. The summed E-state index contributed by atoms with van der Waals surface area (Å²) in [6.45, 7) is 5.17. The fourth-order valence-corrected chi connectivity index (χ4v) is 2.72. The Balaban J connectivity index is 2.05. The van der Waals surface area contributed by atoms with E-state index in [1.54, 1.807) is 7.11 Å². The normalized spacial score (nSPS) is 10.8. The van der Waals surface area contributed by atoms with Crippen LogP contribution in [0.25, 0.3) is 0 Å². The van der Waals surface area contributed by atoms with Crippen molar-refractivity contribution in [1.82, 2.24) is 4.90 Å². The maximum Gasteiger partial charge on any atom is 0.123 e. The lowest BCUT2D eigenvalue weighted by Crippen LogP contribution is -2.22. The second-order valence-electron chi connectivity index (χ2n) is 4.19. The molecule has 2 aromatic rings. The molecule has 18 heavy (non-hydrogen) atoms. The summed E-state index contributed by atoms with van der Waals surface area (Å²) in [7, 11) is 1.73. The van der Waals surface area contributed by atoms with E-state index in [2.05, 4.69) is 41.5 Å². The highest BCUT2D eigenvalue weighted by molar-refractivity contribution is 7.09. The van der Waals surface area contributed by atoms with Crippen molar-refractivity contribution in [2.45, 2.75) is 20.0 Å². The summed E-state index contributed by atoms with van der Waals surface area (Å²) in [5, 5.41) is 2.13. The van der Waals surface area contributed by atoms with Crippen LogP contribution in [-0.2, 0) is 13.1 Å². The summed E-state index contributed by atoms with van der Waals surface area (Å²) in [5.74, 6) is 0.974. The molecule has 0 radical (unpaired) electrons. The Morgan fingerprint density at radius 1 is 1.11 bits per heavy atom. The number of rotatable bonds is 6. The van der Waals surface area contributed by atoms with Crippen molar-refractivity contribution < 1.29 is 4.74 Å². The maximum atomic E-state index is 5.40. The Kier molecular flexibility index (Phi) is 4.79. The first-order valence-corrected chi connectivity index (χ1v) is 7.08. The van der Waals surface area contributed by atoms with E-state index < -0.39 is 0 Å². The van der Waals surface area contributed by atoms with E-state index in [0.717, 1.165) is 25.4 Å². The lowest BCUT2D eigenvalue weighted by Gasteiger charge is -2.20. The Labute approximate surface area is 113 Å². The van der Waals surface area contributed by atoms with Gasteiger partial charge in [-0.2, -0.15) is 0 Å². The molecule has 1 aromatic carbocycles. The van der Waals surface area contributed by atoms with Gasteiger partial charge in [0.1, 0.15) is 5.75 Å². The molecule has 0 aliphatic heterocycles. The van der Waals surface area contributed by atoms with Gasteiger partial charge in [0.2, 0.25) is 0 Å². The van der Waals surface area contributed by atoms with Crippen LogP contribution < -0.4 is 4.74 Å². The minimum absolute atomic E-state index is 0.929. The van der Waals surface area contributed by atoms with Gasteiger partial charge < -0.3 is 4.74 Å². The zero-order chi connectivity index (χ0) is 12.8. The molecular weight excluding hydrogens is 242 g/mol. The smallest absolute Gasteiger partial charge is 0.123 e. The lowest BCUT2D eigenvalue weighted by atomic mass is 10.2. The summed E-state index contributed by atoms with van der Waals surface area (Å²) in [5.41, 5.74) is 1.25. The van der Waals surface area contributed by atoms with Crippen LogP contribution in [0.3, 0.4) is 0 Å². The number of methoxy groups -OCH3 is 1. The molecule has 0 amide bonds. The third-order valence-electron chi connectivity index (χ3n) is 2.99. The number of ether oxygens (including phenoxy) is 1. The van der Waals surface area contributed by atoms with Crippen LogP contribution in [0.15, 0.2) is 41.8 Å². The molecule has 1 heterocycles. The van der Waals surface area contributed by atoms with Crippen LogP contribution in [0.1, 0.15) is 17.4 Å². The Bertz CT molecular complexity index is 467. The van der Waals surface area contributed by atoms with Gasteiger partial charge in [0.25, 0.3) is 0 Å². The molecule has 0 aliphatic rings. The summed E-state index contributed by atoms with van der Waals surface area (Å²) in [6, 6.07) is 12.5. The first kappa shape index (κ1) is 13.1. The van der Waals surface area contributed by atoms with Crippen molar-refractivity contribution >= 4 is 11.3 Å². The average molecular weight is 261 g/mol. The molecule has 0 fully saturated rings. The average Bonchev–Trinajstić information content (AvgIpc) is 2.91. The van der Waals surface area contributed by atoms with Crippen LogP contribution in [0.5, 0.6) is 5.75 Å². The highest BCUT2D eigenvalue weighted by Gasteiger charge is 2.08. The van der Waals surface area contributed by atoms with E-state index in [0.29, 0.717) is 0 Å². The molecule has 1 aromatic heterocycles. The van der Waals surface area contributed by atoms with Crippen molar-refractivity contribution in [3.8, 4) is 5.75 Å². The van der Waals surface area contributed by atoms with Gasteiger partial charge in [-0.3, -0.25) is 4.90 Å². The molecule has 2 nitrogen and oxygen atoms in total. The highest BCUT2D eigenvalue weighted by atomic mass is 32.1. The minimum Gasteiger partial charge on any atom is -0.496 e. The zero-order valence-corrected chi connectivity index (χ0v) is 11.7. The molecular formula is C15H19NOS. The van der Waals surface area contributed by atoms with Crippen molar-refractivity contribution in [3.63, 3.8) is 0 Å². The third kappa shape index (κ3) is 3.34. The largest absolute Gasteiger partial charge is 0.496 e. The highest BCUT2D eigenvalue weighted by Crippen LogP contribution is 2.21. The quantitative estimate of drug-likeness (QED) is 0.784. The van der Waals surface area contributed by atoms with Crippen LogP contribution in [0, 0.1) is 0 Å². The fourth-order valence-electron chi connectivity index (χ4n) is 1.98.